The van der Waals surface area contributed by atoms with Crippen LogP contribution in [0.25, 0.3) is 0 Å². The van der Waals surface area contributed by atoms with E-state index in [4.69, 9.17) is 19.9 Å². The van der Waals surface area contributed by atoms with Crippen LogP contribution in [0.4, 0.5) is 5.69 Å². The standard InChI is InChI=1S/C30H31NO4/c1-33-27-16-10-24(11-17-27)30(23-6-4-3-5-7-23,25-12-18-28(34-2)19-13-25)35-29(20-21-32)22-8-14-26(31)15-9-22/h3-19,29,32H,20-21,31H2,1-2H3. The highest BCUT2D eigenvalue weighted by molar-refractivity contribution is 5.50. The van der Waals surface area contributed by atoms with Crippen molar-refractivity contribution < 1.29 is 19.3 Å². The van der Waals surface area contributed by atoms with Crippen LogP contribution in [-0.4, -0.2) is 25.9 Å². The highest BCUT2D eigenvalue weighted by Gasteiger charge is 2.40. The molecule has 5 heteroatoms. The Bertz CT molecular complexity index is 1140. The predicted octanol–water partition coefficient (Wildman–Crippen LogP) is 5.72. The number of benzene rings is 4. The molecule has 0 saturated carbocycles. The summed E-state index contributed by atoms with van der Waals surface area (Å²) in [5.74, 6) is 1.52. The van der Waals surface area contributed by atoms with E-state index in [-0.39, 0.29) is 6.61 Å². The molecule has 0 heterocycles. The van der Waals surface area contributed by atoms with E-state index in [1.165, 1.54) is 0 Å². The van der Waals surface area contributed by atoms with Gasteiger partial charge in [-0.25, -0.2) is 0 Å². The van der Waals surface area contributed by atoms with Crippen molar-refractivity contribution in [3.05, 3.63) is 125 Å². The van der Waals surface area contributed by atoms with Gasteiger partial charge in [-0.05, 0) is 58.7 Å². The van der Waals surface area contributed by atoms with Crippen molar-refractivity contribution in [2.45, 2.75) is 18.1 Å². The molecule has 180 valence electrons. The Morgan fingerprint density at radius 1 is 0.686 bits per heavy atom. The lowest BCUT2D eigenvalue weighted by Crippen LogP contribution is -2.34. The summed E-state index contributed by atoms with van der Waals surface area (Å²) in [6.45, 7) is -0.0227. The summed E-state index contributed by atoms with van der Waals surface area (Å²) in [6.07, 6.45) is 0.0233. The number of aliphatic hydroxyl groups is 1. The van der Waals surface area contributed by atoms with Gasteiger partial charge < -0.3 is 25.1 Å². The van der Waals surface area contributed by atoms with E-state index in [0.717, 1.165) is 33.8 Å². The first-order valence-electron chi connectivity index (χ1n) is 11.6. The number of nitrogens with two attached hydrogens (primary N) is 1. The summed E-state index contributed by atoms with van der Waals surface area (Å²) in [5.41, 5.74) is 9.43. The number of hydrogen-bond acceptors (Lipinski definition) is 5. The quantitative estimate of drug-likeness (QED) is 0.230. The Balaban J connectivity index is 1.95. The lowest BCUT2D eigenvalue weighted by atomic mass is 9.79. The zero-order valence-corrected chi connectivity index (χ0v) is 20.1. The molecule has 4 rings (SSSR count). The van der Waals surface area contributed by atoms with Gasteiger partial charge in [0.2, 0.25) is 0 Å². The Kier molecular flexibility index (Phi) is 7.70. The molecule has 0 aliphatic heterocycles. The maximum absolute atomic E-state index is 9.96. The molecule has 0 aliphatic carbocycles. The van der Waals surface area contributed by atoms with Gasteiger partial charge in [0.1, 0.15) is 17.1 Å². The Morgan fingerprint density at radius 3 is 1.63 bits per heavy atom. The van der Waals surface area contributed by atoms with Crippen LogP contribution < -0.4 is 15.2 Å². The van der Waals surface area contributed by atoms with E-state index in [9.17, 15) is 5.11 Å². The van der Waals surface area contributed by atoms with Crippen molar-refractivity contribution >= 4 is 5.69 Å². The molecular formula is C30H31NO4. The molecule has 1 atom stereocenters. The maximum Gasteiger partial charge on any atom is 0.144 e. The number of hydrogen-bond donors (Lipinski definition) is 2. The van der Waals surface area contributed by atoms with Gasteiger partial charge in [0.25, 0.3) is 0 Å². The molecule has 0 aromatic heterocycles. The molecular weight excluding hydrogens is 438 g/mol. The van der Waals surface area contributed by atoms with E-state index in [0.29, 0.717) is 12.1 Å². The lowest BCUT2D eigenvalue weighted by molar-refractivity contribution is -0.0586. The SMILES string of the molecule is COc1ccc(C(OC(CCO)c2ccc(N)cc2)(c2ccccc2)c2ccc(OC)cc2)cc1. The molecule has 0 aliphatic rings. The van der Waals surface area contributed by atoms with Gasteiger partial charge in [0.15, 0.2) is 0 Å². The third-order valence-corrected chi connectivity index (χ3v) is 6.19. The molecule has 0 fully saturated rings. The van der Waals surface area contributed by atoms with Crippen LogP contribution >= 0.6 is 0 Å². The second-order valence-corrected chi connectivity index (χ2v) is 8.29. The van der Waals surface area contributed by atoms with Crippen molar-refractivity contribution in [3.8, 4) is 11.5 Å². The fourth-order valence-corrected chi connectivity index (χ4v) is 4.36. The van der Waals surface area contributed by atoms with Crippen molar-refractivity contribution in [1.29, 1.82) is 0 Å². The Labute approximate surface area is 206 Å². The minimum atomic E-state index is -0.971. The Morgan fingerprint density at radius 2 is 1.17 bits per heavy atom. The first kappa shape index (κ1) is 24.3. The zero-order chi connectivity index (χ0) is 24.7. The predicted molar refractivity (Wildman–Crippen MR) is 139 cm³/mol. The molecule has 0 saturated heterocycles. The molecule has 4 aromatic carbocycles. The number of methoxy groups -OCH3 is 2. The van der Waals surface area contributed by atoms with Gasteiger partial charge in [-0.2, -0.15) is 0 Å². The molecule has 0 amide bonds. The summed E-state index contributed by atoms with van der Waals surface area (Å²) in [7, 11) is 3.30. The van der Waals surface area contributed by atoms with E-state index >= 15 is 0 Å². The zero-order valence-electron chi connectivity index (χ0n) is 20.1. The van der Waals surface area contributed by atoms with Crippen LogP contribution in [0.3, 0.4) is 0 Å². The van der Waals surface area contributed by atoms with Crippen molar-refractivity contribution in [2.75, 3.05) is 26.6 Å². The minimum absolute atomic E-state index is 0.0227. The first-order valence-corrected chi connectivity index (χ1v) is 11.6. The molecule has 0 bridgehead atoms. The summed E-state index contributed by atoms with van der Waals surface area (Å²) in [5, 5.41) is 9.96. The van der Waals surface area contributed by atoms with E-state index < -0.39 is 11.7 Å². The van der Waals surface area contributed by atoms with Crippen molar-refractivity contribution in [1.82, 2.24) is 0 Å². The average Bonchev–Trinajstić information content (AvgIpc) is 2.92. The number of ether oxygens (including phenoxy) is 3. The van der Waals surface area contributed by atoms with Gasteiger partial charge in [-0.1, -0.05) is 66.7 Å². The molecule has 3 N–H and O–H groups in total. The molecule has 1 unspecified atom stereocenters. The largest absolute Gasteiger partial charge is 0.497 e. The van der Waals surface area contributed by atoms with Crippen LogP contribution in [0.2, 0.25) is 0 Å². The lowest BCUT2D eigenvalue weighted by Gasteiger charge is -2.39. The fraction of sp³-hybridized carbons (Fsp3) is 0.200. The second kappa shape index (κ2) is 11.1. The highest BCUT2D eigenvalue weighted by atomic mass is 16.5. The summed E-state index contributed by atoms with van der Waals surface area (Å²) in [6, 6.07) is 33.6. The summed E-state index contributed by atoms with van der Waals surface area (Å²) in [4.78, 5) is 0. The Hall–Kier alpha value is -3.80. The smallest absolute Gasteiger partial charge is 0.144 e. The average molecular weight is 470 g/mol. The molecule has 5 nitrogen and oxygen atoms in total. The molecule has 0 radical (unpaired) electrons. The van der Waals surface area contributed by atoms with Gasteiger partial charge >= 0.3 is 0 Å². The van der Waals surface area contributed by atoms with Crippen LogP contribution in [0.5, 0.6) is 11.5 Å². The highest BCUT2D eigenvalue weighted by Crippen LogP contribution is 2.45. The van der Waals surface area contributed by atoms with Crippen LogP contribution in [-0.2, 0) is 10.3 Å². The summed E-state index contributed by atoms with van der Waals surface area (Å²) < 4.78 is 18.0. The monoisotopic (exact) mass is 469 g/mol. The van der Waals surface area contributed by atoms with Gasteiger partial charge in [0.05, 0.1) is 20.3 Å². The second-order valence-electron chi connectivity index (χ2n) is 8.29. The topological polar surface area (TPSA) is 73.9 Å². The number of aliphatic hydroxyl groups excluding tert-OH is 1. The summed E-state index contributed by atoms with van der Waals surface area (Å²) >= 11 is 0. The van der Waals surface area contributed by atoms with Crippen molar-refractivity contribution in [3.63, 3.8) is 0 Å². The third kappa shape index (κ3) is 5.16. The third-order valence-electron chi connectivity index (χ3n) is 6.19. The molecule has 4 aromatic rings. The molecule has 35 heavy (non-hydrogen) atoms. The first-order chi connectivity index (χ1) is 17.1. The van der Waals surface area contributed by atoms with Crippen molar-refractivity contribution in [2.24, 2.45) is 0 Å². The van der Waals surface area contributed by atoms with E-state index in [1.807, 2.05) is 91.0 Å². The van der Waals surface area contributed by atoms with Gasteiger partial charge in [0, 0.05) is 18.7 Å². The maximum atomic E-state index is 9.96. The fourth-order valence-electron chi connectivity index (χ4n) is 4.36. The van der Waals surface area contributed by atoms with Gasteiger partial charge in [-0.15, -0.1) is 0 Å². The molecule has 0 spiro atoms. The van der Waals surface area contributed by atoms with Gasteiger partial charge in [-0.3, -0.25) is 0 Å². The van der Waals surface area contributed by atoms with Crippen LogP contribution in [0.15, 0.2) is 103 Å². The van der Waals surface area contributed by atoms with E-state index in [2.05, 4.69) is 12.1 Å². The minimum Gasteiger partial charge on any atom is -0.497 e. The number of rotatable bonds is 10. The number of nitrogen functional groups attached to an aromatic ring is 1. The normalized spacial score (nSPS) is 12.2. The number of anilines is 1. The van der Waals surface area contributed by atoms with Crippen LogP contribution in [0.1, 0.15) is 34.8 Å². The van der Waals surface area contributed by atoms with Crippen LogP contribution in [0, 0.1) is 0 Å². The van der Waals surface area contributed by atoms with E-state index in [1.54, 1.807) is 14.2 Å².